The van der Waals surface area contributed by atoms with Crippen LogP contribution in [-0.2, 0) is 17.4 Å². The smallest absolute Gasteiger partial charge is 0.0645 e. The number of para-hydroxylation sites is 2. The minimum Gasteiger partial charge on any atom is -0.336 e. The molecule has 0 fully saturated rings. The molecule has 0 saturated carbocycles. The maximum atomic E-state index is 8.90. The van der Waals surface area contributed by atoms with Gasteiger partial charge in [-0.1, -0.05) is 95.9 Å². The van der Waals surface area contributed by atoms with Crippen LogP contribution in [0.15, 0.2) is 66.5 Å². The molecule has 0 unspecified atom stereocenters. The van der Waals surface area contributed by atoms with E-state index in [9.17, 15) is 0 Å². The summed E-state index contributed by atoms with van der Waals surface area (Å²) >= 11 is 0. The second-order valence-electron chi connectivity index (χ2n) is 9.14. The topological polar surface area (TPSA) is 4.93 Å². The first kappa shape index (κ1) is 9.78. The predicted octanol–water partition coefficient (Wildman–Crippen LogP) is 7.44. The molecule has 1 heteroatoms. The Labute approximate surface area is 184 Å². The standard InChI is InChI=1S/C27H31N/c1-26(2,3)22-15-11-12-19(25(22)27(4,5)6)18-28-23-16-9-7-13-20(23)21-14-8-10-17-24(21)28/h7-17H,18H2,1-6H3/i7D,8D,9D,10D,11D,12D,13D,14D,15D,16D,17D. The van der Waals surface area contributed by atoms with E-state index in [0.29, 0.717) is 16.7 Å². The van der Waals surface area contributed by atoms with Crippen molar-refractivity contribution in [3.8, 4) is 0 Å². The molecule has 0 aliphatic carbocycles. The lowest BCUT2D eigenvalue weighted by Crippen LogP contribution is -2.24. The molecule has 1 aromatic heterocycles. The number of fused-ring (bicyclic) bond motifs is 3. The lowest BCUT2D eigenvalue weighted by molar-refractivity contribution is 0.523. The molecule has 1 nitrogen and oxygen atoms in total. The van der Waals surface area contributed by atoms with Gasteiger partial charge in [0.2, 0.25) is 0 Å². The third kappa shape index (κ3) is 3.13. The van der Waals surface area contributed by atoms with Crippen molar-refractivity contribution in [1.82, 2.24) is 4.57 Å². The van der Waals surface area contributed by atoms with Gasteiger partial charge in [0.25, 0.3) is 0 Å². The Hall–Kier alpha value is -2.54. The van der Waals surface area contributed by atoms with Crippen molar-refractivity contribution >= 4 is 21.8 Å². The van der Waals surface area contributed by atoms with Gasteiger partial charge in [-0.2, -0.15) is 0 Å². The first-order chi connectivity index (χ1) is 17.7. The Kier molecular flexibility index (Phi) is 2.28. The highest BCUT2D eigenvalue weighted by molar-refractivity contribution is 6.08. The molecule has 1 heterocycles. The fourth-order valence-corrected chi connectivity index (χ4v) is 3.76. The second-order valence-corrected chi connectivity index (χ2v) is 9.14. The monoisotopic (exact) mass is 380 g/mol. The van der Waals surface area contributed by atoms with Crippen LogP contribution in [0.5, 0.6) is 0 Å². The van der Waals surface area contributed by atoms with E-state index in [1.807, 2.05) is 41.5 Å². The second kappa shape index (κ2) is 6.51. The molecule has 0 amide bonds. The summed E-state index contributed by atoms with van der Waals surface area (Å²) in [6.45, 7) is 11.4. The molecular weight excluding hydrogens is 338 g/mol. The van der Waals surface area contributed by atoms with Crippen molar-refractivity contribution in [3.05, 3.63) is 83.2 Å². The van der Waals surface area contributed by atoms with E-state index < -0.39 is 59.2 Å². The summed E-state index contributed by atoms with van der Waals surface area (Å²) in [4.78, 5) is 0. The highest BCUT2D eigenvalue weighted by Crippen LogP contribution is 2.38. The Morgan fingerprint density at radius 2 is 1.21 bits per heavy atom. The minimum absolute atomic E-state index is 0.000971. The average molecular weight is 381 g/mol. The van der Waals surface area contributed by atoms with E-state index in [2.05, 4.69) is 0 Å². The van der Waals surface area contributed by atoms with E-state index in [1.165, 1.54) is 4.57 Å². The molecule has 0 bridgehead atoms. The molecule has 28 heavy (non-hydrogen) atoms. The molecular formula is C27H31N. The molecule has 0 atom stereocenters. The summed E-state index contributed by atoms with van der Waals surface area (Å²) in [7, 11) is 0. The Balaban J connectivity index is 2.32. The van der Waals surface area contributed by atoms with Crippen LogP contribution in [0.4, 0.5) is 0 Å². The number of nitrogens with zero attached hydrogens (tertiary/aromatic N) is 1. The molecule has 0 saturated heterocycles. The van der Waals surface area contributed by atoms with Crippen LogP contribution in [0.25, 0.3) is 21.8 Å². The molecule has 4 rings (SSSR count). The molecule has 0 aliphatic rings. The van der Waals surface area contributed by atoms with Crippen LogP contribution < -0.4 is 0 Å². The first-order valence-corrected chi connectivity index (χ1v) is 9.37. The number of benzene rings is 3. The number of aromatic nitrogens is 1. The lowest BCUT2D eigenvalue weighted by atomic mass is 9.73. The van der Waals surface area contributed by atoms with Crippen molar-refractivity contribution in [2.24, 2.45) is 0 Å². The van der Waals surface area contributed by atoms with E-state index in [1.54, 1.807) is 0 Å². The fourth-order valence-electron chi connectivity index (χ4n) is 3.76. The van der Waals surface area contributed by atoms with Crippen molar-refractivity contribution < 1.29 is 15.1 Å². The highest BCUT2D eigenvalue weighted by Gasteiger charge is 2.27. The van der Waals surface area contributed by atoms with Crippen LogP contribution in [0.2, 0.25) is 0 Å². The van der Waals surface area contributed by atoms with Crippen molar-refractivity contribution in [1.29, 1.82) is 0 Å². The van der Waals surface area contributed by atoms with Gasteiger partial charge in [-0.25, -0.2) is 0 Å². The van der Waals surface area contributed by atoms with Gasteiger partial charge in [0, 0.05) is 28.4 Å². The van der Waals surface area contributed by atoms with Crippen molar-refractivity contribution in [2.45, 2.75) is 58.9 Å². The van der Waals surface area contributed by atoms with E-state index >= 15 is 0 Å². The van der Waals surface area contributed by atoms with Crippen LogP contribution in [0, 0.1) is 0 Å². The third-order valence-electron chi connectivity index (χ3n) is 4.89. The molecule has 144 valence electrons. The Morgan fingerprint density at radius 1 is 0.679 bits per heavy atom. The third-order valence-corrected chi connectivity index (χ3v) is 4.89. The summed E-state index contributed by atoms with van der Waals surface area (Å²) in [5.74, 6) is 0. The summed E-state index contributed by atoms with van der Waals surface area (Å²) in [5.41, 5.74) is 0.475. The zero-order chi connectivity index (χ0) is 29.7. The molecule has 0 spiro atoms. The zero-order valence-corrected chi connectivity index (χ0v) is 17.2. The maximum absolute atomic E-state index is 8.90. The quantitative estimate of drug-likeness (QED) is 0.340. The minimum atomic E-state index is -0.589. The van der Waals surface area contributed by atoms with E-state index in [0.717, 1.165) is 0 Å². The van der Waals surface area contributed by atoms with Crippen molar-refractivity contribution in [3.63, 3.8) is 0 Å². The van der Waals surface area contributed by atoms with Crippen molar-refractivity contribution in [2.75, 3.05) is 0 Å². The van der Waals surface area contributed by atoms with E-state index in [4.69, 9.17) is 15.1 Å². The largest absolute Gasteiger partial charge is 0.336 e. The summed E-state index contributed by atoms with van der Waals surface area (Å²) in [5, 5.41) is -0.0443. The van der Waals surface area contributed by atoms with Gasteiger partial charge in [0.1, 0.15) is 0 Å². The Morgan fingerprint density at radius 3 is 1.71 bits per heavy atom. The van der Waals surface area contributed by atoms with Crippen LogP contribution in [0.1, 0.15) is 73.3 Å². The van der Waals surface area contributed by atoms with Crippen LogP contribution >= 0.6 is 0 Å². The maximum Gasteiger partial charge on any atom is 0.0645 e. The molecule has 4 aromatic rings. The predicted molar refractivity (Wildman–Crippen MR) is 122 cm³/mol. The van der Waals surface area contributed by atoms with Gasteiger partial charge in [-0.3, -0.25) is 0 Å². The summed E-state index contributed by atoms with van der Waals surface area (Å²) in [6.07, 6.45) is 0. The molecule has 0 N–H and O–H groups in total. The number of hydrogen-bond donors (Lipinski definition) is 0. The zero-order valence-electron chi connectivity index (χ0n) is 28.2. The Bertz CT molecular complexity index is 1630. The molecule has 3 aromatic carbocycles. The highest BCUT2D eigenvalue weighted by atomic mass is 15.0. The van der Waals surface area contributed by atoms with Gasteiger partial charge in [0.15, 0.2) is 0 Å². The fraction of sp³-hybridized carbons (Fsp3) is 0.333. The van der Waals surface area contributed by atoms with Gasteiger partial charge in [-0.05, 0) is 39.6 Å². The van der Waals surface area contributed by atoms with Gasteiger partial charge >= 0.3 is 0 Å². The van der Waals surface area contributed by atoms with Gasteiger partial charge < -0.3 is 4.57 Å². The van der Waals surface area contributed by atoms with E-state index in [-0.39, 0.29) is 46.5 Å². The molecule has 0 aliphatic heterocycles. The first-order valence-electron chi connectivity index (χ1n) is 14.9. The number of rotatable bonds is 2. The average Bonchev–Trinajstić information content (AvgIpc) is 3.17. The summed E-state index contributed by atoms with van der Waals surface area (Å²) < 4.78 is 95.4. The lowest BCUT2D eigenvalue weighted by Gasteiger charge is -2.32. The summed E-state index contributed by atoms with van der Waals surface area (Å²) in [6, 6.07) is -4.20. The van der Waals surface area contributed by atoms with Gasteiger partial charge in [0.05, 0.1) is 15.1 Å². The SMILES string of the molecule is [2H]c1c([2H])c(Cn2c3c([2H])c([2H])c([2H])c([2H])c3c3c([2H])c([2H])c([2H])c([2H])c32)c(C(C)(C)C)c(C(C)(C)C)c1[2H]. The van der Waals surface area contributed by atoms with Crippen LogP contribution in [-0.4, -0.2) is 4.57 Å². The normalized spacial score (nSPS) is 18.3. The van der Waals surface area contributed by atoms with Crippen LogP contribution in [0.3, 0.4) is 0 Å². The molecule has 0 radical (unpaired) electrons. The number of hydrogen-bond acceptors (Lipinski definition) is 0. The van der Waals surface area contributed by atoms with Gasteiger partial charge in [-0.15, -0.1) is 0 Å².